The van der Waals surface area contributed by atoms with Crippen molar-refractivity contribution in [2.45, 2.75) is 6.42 Å². The maximum Gasteiger partial charge on any atom is 0.292 e. The van der Waals surface area contributed by atoms with Crippen LogP contribution in [-0.2, 0) is 4.79 Å². The Balaban J connectivity index is 1.48. The van der Waals surface area contributed by atoms with Crippen LogP contribution < -0.4 is 10.2 Å². The lowest BCUT2D eigenvalue weighted by molar-refractivity contribution is -0.384. The lowest BCUT2D eigenvalue weighted by Crippen LogP contribution is -2.47. The predicted molar refractivity (Wildman–Crippen MR) is 109 cm³/mol. The van der Waals surface area contributed by atoms with Gasteiger partial charge in [-0.25, -0.2) is 4.39 Å². The number of halogens is 2. The molecule has 9 heteroatoms. The second-order valence-electron chi connectivity index (χ2n) is 6.50. The fourth-order valence-corrected chi connectivity index (χ4v) is 3.49. The number of anilines is 2. The summed E-state index contributed by atoms with van der Waals surface area (Å²) >= 11 is 3.18. The van der Waals surface area contributed by atoms with Gasteiger partial charge in [0, 0.05) is 49.7 Å². The molecule has 0 saturated carbocycles. The van der Waals surface area contributed by atoms with Gasteiger partial charge >= 0.3 is 0 Å². The van der Waals surface area contributed by atoms with Crippen molar-refractivity contribution in [3.8, 4) is 0 Å². The summed E-state index contributed by atoms with van der Waals surface area (Å²) in [7, 11) is 0. The summed E-state index contributed by atoms with van der Waals surface area (Å²) in [5, 5.41) is 13.8. The maximum absolute atomic E-state index is 13.8. The van der Waals surface area contributed by atoms with Gasteiger partial charge in [-0.1, -0.05) is 28.1 Å². The van der Waals surface area contributed by atoms with Crippen molar-refractivity contribution in [3.63, 3.8) is 0 Å². The van der Waals surface area contributed by atoms with Gasteiger partial charge in [-0.15, -0.1) is 0 Å². The topological polar surface area (TPSA) is 78.7 Å². The van der Waals surface area contributed by atoms with E-state index in [2.05, 4.69) is 26.1 Å². The number of carbonyl (C=O) groups excluding carboxylic acids is 1. The van der Waals surface area contributed by atoms with Crippen molar-refractivity contribution in [1.82, 2.24) is 4.90 Å². The van der Waals surface area contributed by atoms with Gasteiger partial charge in [-0.3, -0.25) is 19.8 Å². The van der Waals surface area contributed by atoms with Crippen LogP contribution in [0, 0.1) is 15.9 Å². The van der Waals surface area contributed by atoms with Crippen molar-refractivity contribution >= 4 is 38.9 Å². The monoisotopic (exact) mass is 450 g/mol. The van der Waals surface area contributed by atoms with Gasteiger partial charge in [0.25, 0.3) is 5.69 Å². The van der Waals surface area contributed by atoms with E-state index in [0.717, 1.165) is 0 Å². The predicted octanol–water partition coefficient (Wildman–Crippen LogP) is 3.65. The molecule has 1 saturated heterocycles. The normalized spacial score (nSPS) is 14.7. The Bertz CT molecular complexity index is 872. The number of hydrogen-bond donors (Lipinski definition) is 1. The maximum atomic E-state index is 13.8. The largest absolute Gasteiger partial charge is 0.363 e. The molecule has 2 aromatic rings. The Morgan fingerprint density at radius 2 is 1.89 bits per heavy atom. The van der Waals surface area contributed by atoms with Gasteiger partial charge in [0.15, 0.2) is 0 Å². The molecular formula is C19H20BrFN4O3. The highest BCUT2D eigenvalue weighted by Gasteiger charge is 2.23. The molecule has 0 radical (unpaired) electrons. The number of benzene rings is 2. The highest BCUT2D eigenvalue weighted by molar-refractivity contribution is 9.10. The number of nitrogens with zero attached hydrogens (tertiary/aromatic N) is 3. The molecule has 28 heavy (non-hydrogen) atoms. The summed E-state index contributed by atoms with van der Waals surface area (Å²) in [5.41, 5.74) is 0.886. The molecule has 1 fully saturated rings. The minimum atomic E-state index is -0.485. The van der Waals surface area contributed by atoms with E-state index >= 15 is 0 Å². The molecule has 3 rings (SSSR count). The highest BCUT2D eigenvalue weighted by Crippen LogP contribution is 2.28. The summed E-state index contributed by atoms with van der Waals surface area (Å²) in [6.07, 6.45) is 0.251. The average Bonchev–Trinajstić information content (AvgIpc) is 2.69. The number of para-hydroxylation sites is 2. The summed E-state index contributed by atoms with van der Waals surface area (Å²) in [6, 6.07) is 11.2. The third-order valence-electron chi connectivity index (χ3n) is 4.65. The van der Waals surface area contributed by atoms with Crippen LogP contribution in [0.4, 0.5) is 21.5 Å². The molecule has 0 bridgehead atoms. The summed E-state index contributed by atoms with van der Waals surface area (Å²) < 4.78 is 14.4. The van der Waals surface area contributed by atoms with E-state index in [9.17, 15) is 19.3 Å². The minimum Gasteiger partial charge on any atom is -0.363 e. The molecule has 0 aliphatic carbocycles. The van der Waals surface area contributed by atoms with Gasteiger partial charge in [0.05, 0.1) is 10.6 Å². The van der Waals surface area contributed by atoms with Crippen LogP contribution in [0.15, 0.2) is 46.9 Å². The van der Waals surface area contributed by atoms with Crippen molar-refractivity contribution in [2.75, 3.05) is 42.9 Å². The van der Waals surface area contributed by atoms with Gasteiger partial charge in [-0.05, 0) is 24.3 Å². The molecule has 1 heterocycles. The van der Waals surface area contributed by atoms with Crippen molar-refractivity contribution in [3.05, 3.63) is 62.9 Å². The first kappa shape index (κ1) is 20.2. The molecule has 1 aliphatic heterocycles. The lowest BCUT2D eigenvalue weighted by Gasteiger charge is -2.35. The van der Waals surface area contributed by atoms with Crippen LogP contribution in [-0.4, -0.2) is 48.5 Å². The van der Waals surface area contributed by atoms with Crippen LogP contribution in [0.2, 0.25) is 0 Å². The molecule has 1 amide bonds. The van der Waals surface area contributed by atoms with Crippen molar-refractivity contribution < 1.29 is 14.1 Å². The standard InChI is InChI=1S/C19H20BrFN4O3/c20-14-5-6-16(15(21)13-14)22-19(26)7-8-23-9-11-24(12-10-23)17-3-1-2-4-18(17)25(27)28/h1-6,13H,7-12H2,(H,22,26). The van der Waals surface area contributed by atoms with E-state index in [0.29, 0.717) is 42.9 Å². The summed E-state index contributed by atoms with van der Waals surface area (Å²) in [4.78, 5) is 27.0. The van der Waals surface area contributed by atoms with E-state index in [1.54, 1.807) is 24.3 Å². The van der Waals surface area contributed by atoms with Crippen molar-refractivity contribution in [2.24, 2.45) is 0 Å². The van der Waals surface area contributed by atoms with Crippen LogP contribution >= 0.6 is 15.9 Å². The number of nitro groups is 1. The van der Waals surface area contributed by atoms with Crippen molar-refractivity contribution in [1.29, 1.82) is 0 Å². The summed E-state index contributed by atoms with van der Waals surface area (Å²) in [5.74, 6) is -0.733. The Kier molecular flexibility index (Phi) is 6.58. The van der Waals surface area contributed by atoms with E-state index in [1.807, 2.05) is 4.90 Å². The van der Waals surface area contributed by atoms with Gasteiger partial charge < -0.3 is 10.2 Å². The molecule has 0 aromatic heterocycles. The number of amides is 1. The third-order valence-corrected chi connectivity index (χ3v) is 5.14. The van der Waals surface area contributed by atoms with Crippen LogP contribution in [0.1, 0.15) is 6.42 Å². The molecule has 1 N–H and O–H groups in total. The highest BCUT2D eigenvalue weighted by atomic mass is 79.9. The Hall–Kier alpha value is -2.52. The molecule has 0 spiro atoms. The zero-order chi connectivity index (χ0) is 20.1. The number of piperazine rings is 1. The number of nitro benzene ring substituents is 1. The first-order chi connectivity index (χ1) is 13.4. The molecule has 1 aliphatic rings. The molecule has 148 valence electrons. The lowest BCUT2D eigenvalue weighted by atomic mass is 10.2. The van der Waals surface area contributed by atoms with Crippen LogP contribution in [0.3, 0.4) is 0 Å². The Morgan fingerprint density at radius 3 is 2.57 bits per heavy atom. The number of hydrogen-bond acceptors (Lipinski definition) is 5. The van der Waals surface area contributed by atoms with Crippen LogP contribution in [0.25, 0.3) is 0 Å². The zero-order valence-corrected chi connectivity index (χ0v) is 16.7. The minimum absolute atomic E-state index is 0.104. The first-order valence-electron chi connectivity index (χ1n) is 8.89. The fourth-order valence-electron chi connectivity index (χ4n) is 3.16. The van der Waals surface area contributed by atoms with Gasteiger partial charge in [0.2, 0.25) is 5.91 Å². The molecular weight excluding hydrogens is 431 g/mol. The molecule has 7 nitrogen and oxygen atoms in total. The molecule has 0 unspecified atom stereocenters. The average molecular weight is 451 g/mol. The number of rotatable bonds is 6. The quantitative estimate of drug-likeness (QED) is 0.536. The van der Waals surface area contributed by atoms with Gasteiger partial charge in [-0.2, -0.15) is 0 Å². The second-order valence-corrected chi connectivity index (χ2v) is 7.41. The van der Waals surface area contributed by atoms with E-state index < -0.39 is 5.82 Å². The van der Waals surface area contributed by atoms with E-state index in [4.69, 9.17) is 0 Å². The smallest absolute Gasteiger partial charge is 0.292 e. The summed E-state index contributed by atoms with van der Waals surface area (Å²) in [6.45, 7) is 3.24. The zero-order valence-electron chi connectivity index (χ0n) is 15.1. The van der Waals surface area contributed by atoms with E-state index in [-0.39, 0.29) is 28.6 Å². The molecule has 0 atom stereocenters. The third kappa shape index (κ3) is 5.05. The Morgan fingerprint density at radius 1 is 1.18 bits per heavy atom. The first-order valence-corrected chi connectivity index (χ1v) is 9.69. The second kappa shape index (κ2) is 9.11. The van der Waals surface area contributed by atoms with E-state index in [1.165, 1.54) is 18.2 Å². The fraction of sp³-hybridized carbons (Fsp3) is 0.316. The molecule has 2 aromatic carbocycles. The number of nitrogens with one attached hydrogen (secondary N) is 1. The number of carbonyl (C=O) groups is 1. The SMILES string of the molecule is O=C(CCN1CCN(c2ccccc2[N+](=O)[O-])CC1)Nc1ccc(Br)cc1F. The van der Waals surface area contributed by atoms with Gasteiger partial charge in [0.1, 0.15) is 11.5 Å². The Labute approximate surface area is 170 Å². The van der Waals surface area contributed by atoms with Crippen LogP contribution in [0.5, 0.6) is 0 Å².